The number of anilines is 3. The second kappa shape index (κ2) is 6.77. The summed E-state index contributed by atoms with van der Waals surface area (Å²) in [6.07, 6.45) is 5.01. The molecule has 4 nitrogen and oxygen atoms in total. The van der Waals surface area contributed by atoms with Crippen LogP contribution in [0.2, 0.25) is 0 Å². The van der Waals surface area contributed by atoms with Crippen molar-refractivity contribution in [2.75, 3.05) is 16.8 Å². The molecule has 1 atom stereocenters. The molecule has 1 N–H and O–H groups in total. The third-order valence-corrected chi connectivity index (χ3v) is 4.26. The van der Waals surface area contributed by atoms with Crippen LogP contribution in [0.25, 0.3) is 0 Å². The first-order valence-corrected chi connectivity index (χ1v) is 8.20. The quantitative estimate of drug-likeness (QED) is 0.913. The first-order chi connectivity index (χ1) is 10.8. The number of nitrogens with one attached hydrogen (secondary N) is 1. The molecule has 1 saturated heterocycles. The zero-order valence-corrected chi connectivity index (χ0v) is 13.4. The van der Waals surface area contributed by atoms with Crippen molar-refractivity contribution in [3.05, 3.63) is 42.1 Å². The van der Waals surface area contributed by atoms with Crippen molar-refractivity contribution >= 4 is 17.5 Å². The normalized spacial score (nSPS) is 18.3. The third-order valence-electron chi connectivity index (χ3n) is 4.26. The van der Waals surface area contributed by atoms with Crippen LogP contribution in [0.15, 0.2) is 36.4 Å². The Balaban J connectivity index is 1.86. The van der Waals surface area contributed by atoms with Gasteiger partial charge in [0.15, 0.2) is 0 Å². The molecular weight excluding hydrogens is 272 g/mol. The van der Waals surface area contributed by atoms with Gasteiger partial charge in [0.05, 0.1) is 0 Å². The number of para-hydroxylation sites is 1. The van der Waals surface area contributed by atoms with E-state index >= 15 is 0 Å². The lowest BCUT2D eigenvalue weighted by Gasteiger charge is -2.36. The smallest absolute Gasteiger partial charge is 0.229 e. The first kappa shape index (κ1) is 14.8. The van der Waals surface area contributed by atoms with Crippen LogP contribution in [0.3, 0.4) is 0 Å². The molecule has 22 heavy (non-hydrogen) atoms. The van der Waals surface area contributed by atoms with Gasteiger partial charge in [0.25, 0.3) is 0 Å². The van der Waals surface area contributed by atoms with Gasteiger partial charge >= 0.3 is 0 Å². The summed E-state index contributed by atoms with van der Waals surface area (Å²) in [6, 6.07) is 12.8. The topological polar surface area (TPSA) is 41.1 Å². The van der Waals surface area contributed by atoms with Crippen LogP contribution < -0.4 is 10.2 Å². The molecule has 0 saturated carbocycles. The van der Waals surface area contributed by atoms with Crippen LogP contribution >= 0.6 is 0 Å². The van der Waals surface area contributed by atoms with E-state index in [1.54, 1.807) is 0 Å². The van der Waals surface area contributed by atoms with Crippen LogP contribution in [-0.4, -0.2) is 22.6 Å². The maximum Gasteiger partial charge on any atom is 0.229 e. The lowest BCUT2D eigenvalue weighted by molar-refractivity contribution is 0.446. The number of rotatable bonds is 4. The standard InChI is InChI=1S/C18H24N4/c1-3-16-11-7-8-12-22(16)17-13-14(2)19-18(21-17)20-15-9-5-4-6-10-15/h4-6,9-10,13,16H,3,7-8,11-12H2,1-2H3,(H,19,20,21). The highest BCUT2D eigenvalue weighted by Crippen LogP contribution is 2.26. The Morgan fingerprint density at radius 2 is 2.00 bits per heavy atom. The second-order valence-electron chi connectivity index (χ2n) is 5.93. The fourth-order valence-electron chi connectivity index (χ4n) is 3.13. The van der Waals surface area contributed by atoms with Crippen molar-refractivity contribution in [1.82, 2.24) is 9.97 Å². The molecule has 2 aromatic rings. The van der Waals surface area contributed by atoms with E-state index < -0.39 is 0 Å². The lowest BCUT2D eigenvalue weighted by Crippen LogP contribution is -2.39. The van der Waals surface area contributed by atoms with Gasteiger partial charge in [0.1, 0.15) is 5.82 Å². The Kier molecular flexibility index (Phi) is 4.56. The van der Waals surface area contributed by atoms with Crippen LogP contribution in [0.4, 0.5) is 17.5 Å². The van der Waals surface area contributed by atoms with E-state index in [1.165, 1.54) is 25.7 Å². The highest BCUT2D eigenvalue weighted by molar-refractivity contribution is 5.55. The minimum atomic E-state index is 0.604. The SMILES string of the molecule is CCC1CCCCN1c1cc(C)nc(Nc2ccccc2)n1. The summed E-state index contributed by atoms with van der Waals surface area (Å²) in [7, 11) is 0. The fraction of sp³-hybridized carbons (Fsp3) is 0.444. The van der Waals surface area contributed by atoms with E-state index in [0.717, 1.165) is 23.7 Å². The predicted molar refractivity (Wildman–Crippen MR) is 91.8 cm³/mol. The van der Waals surface area contributed by atoms with Gasteiger partial charge in [-0.15, -0.1) is 0 Å². The van der Waals surface area contributed by atoms with Crippen LogP contribution in [0.1, 0.15) is 38.3 Å². The summed E-state index contributed by atoms with van der Waals surface area (Å²) in [4.78, 5) is 11.7. The van der Waals surface area contributed by atoms with Crippen molar-refractivity contribution in [2.24, 2.45) is 0 Å². The van der Waals surface area contributed by atoms with Gasteiger partial charge in [-0.25, -0.2) is 4.98 Å². The van der Waals surface area contributed by atoms with Gasteiger partial charge in [-0.3, -0.25) is 0 Å². The lowest BCUT2D eigenvalue weighted by atomic mass is 10.00. The number of aryl methyl sites for hydroxylation is 1. The largest absolute Gasteiger partial charge is 0.353 e. The number of benzene rings is 1. The number of hydrogen-bond acceptors (Lipinski definition) is 4. The number of aromatic nitrogens is 2. The molecule has 2 heterocycles. The highest BCUT2D eigenvalue weighted by atomic mass is 15.2. The second-order valence-corrected chi connectivity index (χ2v) is 5.93. The Morgan fingerprint density at radius 1 is 1.18 bits per heavy atom. The summed E-state index contributed by atoms with van der Waals surface area (Å²) in [5, 5.41) is 3.31. The molecule has 0 spiro atoms. The molecule has 116 valence electrons. The Morgan fingerprint density at radius 3 is 2.77 bits per heavy atom. The molecule has 1 aromatic carbocycles. The molecule has 1 aliphatic rings. The van der Waals surface area contributed by atoms with Crippen molar-refractivity contribution in [2.45, 2.75) is 45.6 Å². The van der Waals surface area contributed by atoms with Crippen LogP contribution in [-0.2, 0) is 0 Å². The van der Waals surface area contributed by atoms with Crippen LogP contribution in [0, 0.1) is 6.92 Å². The van der Waals surface area contributed by atoms with Crippen molar-refractivity contribution in [3.8, 4) is 0 Å². The van der Waals surface area contributed by atoms with Gasteiger partial charge in [-0.05, 0) is 44.7 Å². The summed E-state index contributed by atoms with van der Waals surface area (Å²) >= 11 is 0. The monoisotopic (exact) mass is 296 g/mol. The molecule has 0 aliphatic carbocycles. The number of nitrogens with zero attached hydrogens (tertiary/aromatic N) is 3. The molecule has 0 bridgehead atoms. The van der Waals surface area contributed by atoms with Gasteiger partial charge in [0, 0.05) is 30.0 Å². The highest BCUT2D eigenvalue weighted by Gasteiger charge is 2.22. The van der Waals surface area contributed by atoms with E-state index in [4.69, 9.17) is 4.98 Å². The molecule has 1 fully saturated rings. The van der Waals surface area contributed by atoms with Crippen molar-refractivity contribution < 1.29 is 0 Å². The van der Waals surface area contributed by atoms with Crippen LogP contribution in [0.5, 0.6) is 0 Å². The maximum atomic E-state index is 4.75. The molecule has 1 aromatic heterocycles. The Labute approximate surface area is 132 Å². The zero-order valence-electron chi connectivity index (χ0n) is 13.4. The average molecular weight is 296 g/mol. The summed E-state index contributed by atoms with van der Waals surface area (Å²) in [6.45, 7) is 5.39. The molecule has 1 aliphatic heterocycles. The van der Waals surface area contributed by atoms with Gasteiger partial charge in [0.2, 0.25) is 5.95 Å². The first-order valence-electron chi connectivity index (χ1n) is 8.20. The minimum Gasteiger partial charge on any atom is -0.353 e. The van der Waals surface area contributed by atoms with Crippen molar-refractivity contribution in [3.63, 3.8) is 0 Å². The van der Waals surface area contributed by atoms with Gasteiger partial charge in [-0.2, -0.15) is 4.98 Å². The summed E-state index contributed by atoms with van der Waals surface area (Å²) in [5.74, 6) is 1.74. The van der Waals surface area contributed by atoms with E-state index in [-0.39, 0.29) is 0 Å². The third kappa shape index (κ3) is 3.38. The van der Waals surface area contributed by atoms with E-state index in [0.29, 0.717) is 12.0 Å². The van der Waals surface area contributed by atoms with E-state index in [9.17, 15) is 0 Å². The van der Waals surface area contributed by atoms with Gasteiger partial charge in [-0.1, -0.05) is 25.1 Å². The minimum absolute atomic E-state index is 0.604. The molecule has 0 amide bonds. The van der Waals surface area contributed by atoms with E-state index in [2.05, 4.69) is 28.2 Å². The Hall–Kier alpha value is -2.10. The Bertz CT molecular complexity index is 612. The average Bonchev–Trinajstić information content (AvgIpc) is 2.55. The summed E-state index contributed by atoms with van der Waals surface area (Å²) in [5.41, 5.74) is 2.02. The summed E-state index contributed by atoms with van der Waals surface area (Å²) < 4.78 is 0. The predicted octanol–water partition coefficient (Wildman–Crippen LogP) is 4.30. The van der Waals surface area contributed by atoms with Gasteiger partial charge < -0.3 is 10.2 Å². The molecule has 1 unspecified atom stereocenters. The van der Waals surface area contributed by atoms with Crippen molar-refractivity contribution in [1.29, 1.82) is 0 Å². The number of hydrogen-bond donors (Lipinski definition) is 1. The van der Waals surface area contributed by atoms with E-state index in [1.807, 2.05) is 37.3 Å². The fourth-order valence-corrected chi connectivity index (χ4v) is 3.13. The molecule has 0 radical (unpaired) electrons. The maximum absolute atomic E-state index is 4.75. The molecule has 3 rings (SSSR count). The molecule has 4 heteroatoms. The zero-order chi connectivity index (χ0) is 15.4. The molecular formula is C18H24N4. The number of piperidine rings is 1.